The third kappa shape index (κ3) is 19.9. The zero-order valence-corrected chi connectivity index (χ0v) is 66.3. The van der Waals surface area contributed by atoms with Crippen LogP contribution in [0.4, 0.5) is 38.1 Å². The second kappa shape index (κ2) is 34.3. The minimum Gasteiger partial charge on any atom is -0.393 e. The lowest BCUT2D eigenvalue weighted by atomic mass is 9.85. The molecule has 9 aromatic heterocycles. The number of nitrogens with one attached hydrogen (secondary N) is 2. The molecule has 11 heterocycles. The molecule has 0 bridgehead atoms. The molecule has 5 N–H and O–H groups in total. The summed E-state index contributed by atoms with van der Waals surface area (Å²) in [4.78, 5) is 40.1. The molecule has 111 heavy (non-hydrogen) atoms. The summed E-state index contributed by atoms with van der Waals surface area (Å²) in [5, 5.41) is 52.8. The number of likely N-dealkylation sites (tertiary alicyclic amines) is 1. The first-order valence-corrected chi connectivity index (χ1v) is 41.4. The monoisotopic (exact) mass is 1560 g/mol. The maximum absolute atomic E-state index is 13.4. The fraction of sp³-hybridized carbons (Fsp3) is 0.593. The number of pyridine rings is 2. The molecule has 9 aromatic rings. The number of alkyl halides is 6. The van der Waals surface area contributed by atoms with Gasteiger partial charge in [0.2, 0.25) is 11.9 Å². The van der Waals surface area contributed by atoms with E-state index < -0.39 is 45.6 Å². The van der Waals surface area contributed by atoms with E-state index in [1.54, 1.807) is 54.3 Å². The van der Waals surface area contributed by atoms with Crippen LogP contribution in [0.3, 0.4) is 0 Å². The standard InChI is InChI=1S/C29H42N6O3.C28H37F3N6O2.C24H30F3N5OS/c1-19(18-37-5)32-28-31-16-25-23(15-24(35(25)33-28)20-6-8-22(36)9-7-20)21-10-11-30-27(14-21)34-12-13-38-26(17-34)29(2,3)4;1-18(28(29,30)31)13-25-32-16-24-22(14-23(37(24)34-25)19-7-9-21(38)10-8-19)20-15-33-36(17-20)27(2,3)26(39)35-11-5-4-6-12-35;1-15(12-24(25,26)27)10-22-29-14-21-19(17-6-9-23(30-13-17)34(2,3)28)11-20(32(21)31-22)16-4-7-18(33)8-5-16/h10-11,14-16,19-20,22,26,36H,6-9,12-13,17-18H2,1-5H3,(H,32,33);14-19,21,38H,4-13H2,1-3H3;6,9,11,13-16,18,28,33H,2,4-5,7-8,10,12H2,1,3H3/t19-,20?,22?,26?;18-,19?,21?;15-,16?,18?,34?/m011/s1. The van der Waals surface area contributed by atoms with Crippen LogP contribution in [-0.4, -0.2) is 191 Å². The molecule has 2 unspecified atom stereocenters. The number of methoxy groups -OCH3 is 1. The van der Waals surface area contributed by atoms with Crippen LogP contribution in [-0.2, 0) is 42.1 Å². The largest absolute Gasteiger partial charge is 0.393 e. The molecule has 602 valence electrons. The Bertz CT molecular complexity index is 4750. The average molecular weight is 1560 g/mol. The van der Waals surface area contributed by atoms with Crippen LogP contribution in [0.2, 0.25) is 0 Å². The van der Waals surface area contributed by atoms with Gasteiger partial charge in [-0.1, -0.05) is 56.0 Å². The molecule has 23 nitrogen and oxygen atoms in total. The first-order chi connectivity index (χ1) is 52.6. The molecule has 3 saturated carbocycles. The van der Waals surface area contributed by atoms with Crippen molar-refractivity contribution < 1.29 is 55.9 Å². The van der Waals surface area contributed by atoms with Gasteiger partial charge in [0, 0.05) is 140 Å². The van der Waals surface area contributed by atoms with Crippen molar-refractivity contribution in [3.05, 3.63) is 115 Å². The van der Waals surface area contributed by atoms with Gasteiger partial charge in [0.1, 0.15) is 23.0 Å². The zero-order valence-electron chi connectivity index (χ0n) is 65.5. The van der Waals surface area contributed by atoms with E-state index >= 15 is 0 Å². The molecule has 0 aromatic carbocycles. The number of fused-ring (bicyclic) bond motifs is 3. The first-order valence-electron chi connectivity index (χ1n) is 39.2. The molecular weight excluding hydrogens is 1450 g/mol. The van der Waals surface area contributed by atoms with Crippen molar-refractivity contribution >= 4 is 49.5 Å². The number of piperidine rings is 1. The van der Waals surface area contributed by atoms with E-state index in [0.29, 0.717) is 67.1 Å². The Morgan fingerprint density at radius 2 is 1.17 bits per heavy atom. The zero-order chi connectivity index (χ0) is 79.5. The molecular formula is C81H109F6N17O6S. The smallest absolute Gasteiger partial charge is 0.391 e. The number of hydrogen-bond donors (Lipinski definition) is 5. The van der Waals surface area contributed by atoms with Crippen LogP contribution >= 0.6 is 0 Å². The fourth-order valence-electron chi connectivity index (χ4n) is 16.0. The van der Waals surface area contributed by atoms with E-state index in [4.69, 9.17) is 24.3 Å². The Kier molecular flexibility index (Phi) is 25.4. The van der Waals surface area contributed by atoms with Crippen molar-refractivity contribution in [3.63, 3.8) is 0 Å². The molecule has 14 rings (SSSR count). The van der Waals surface area contributed by atoms with E-state index in [9.17, 15) is 46.5 Å². The van der Waals surface area contributed by atoms with Gasteiger partial charge in [0.15, 0.2) is 0 Å². The number of ether oxygens (including phenoxy) is 2. The van der Waals surface area contributed by atoms with Crippen molar-refractivity contribution in [1.82, 2.24) is 68.4 Å². The quantitative estimate of drug-likeness (QED) is 0.0372. The topological polar surface area (TPSA) is 273 Å². The maximum atomic E-state index is 13.4. The lowest BCUT2D eigenvalue weighted by Gasteiger charge is -2.40. The predicted octanol–water partition coefficient (Wildman–Crippen LogP) is 14.9. The van der Waals surface area contributed by atoms with E-state index in [1.165, 1.54) is 5.69 Å². The number of amides is 1. The highest BCUT2D eigenvalue weighted by atomic mass is 32.2. The number of halogens is 6. The second-order valence-corrected chi connectivity index (χ2v) is 35.8. The van der Waals surface area contributed by atoms with Crippen molar-refractivity contribution in [2.24, 2.45) is 17.3 Å². The van der Waals surface area contributed by atoms with Gasteiger partial charge in [0.05, 0.1) is 89.9 Å². The molecule has 5 aliphatic rings. The number of carbonyl (C=O) groups is 1. The highest BCUT2D eigenvalue weighted by molar-refractivity contribution is 8.00. The van der Waals surface area contributed by atoms with Gasteiger partial charge in [-0.3, -0.25) is 14.3 Å². The SMILES string of the molecule is C=S(C)(=N)c1ccc(-c2cc(C3CCC(O)CC3)n3nc(C[C@@H](C)CC(F)(F)F)ncc23)cn1.COC[C@H](C)Nc1ncc2c(-c3ccnc(N4CCOC(C(C)(C)C)C4)c3)cc(C3CCC(O)CC3)n2n1.C[C@H](Cc1ncc2c(-c3cnn(C(C)(C)C(=O)N4CCCCC4)c3)cc(C3CCC(O)CC3)n2n1)C(F)(F)F. The molecule has 1 amide bonds. The molecule has 3 aliphatic carbocycles. The summed E-state index contributed by atoms with van der Waals surface area (Å²) in [5.74, 6) is 4.45. The molecule has 2 saturated heterocycles. The Morgan fingerprint density at radius 3 is 1.68 bits per heavy atom. The summed E-state index contributed by atoms with van der Waals surface area (Å²) >= 11 is 0. The van der Waals surface area contributed by atoms with Crippen LogP contribution in [0.25, 0.3) is 49.9 Å². The fourth-order valence-corrected chi connectivity index (χ4v) is 16.7. The van der Waals surface area contributed by atoms with E-state index in [0.717, 1.165) is 165 Å². The Hall–Kier alpha value is -8.16. The molecule has 0 spiro atoms. The molecule has 5 fully saturated rings. The number of aromatic nitrogens is 13. The number of morpholine rings is 1. The lowest BCUT2D eigenvalue weighted by molar-refractivity contribution is -0.169. The third-order valence-electron chi connectivity index (χ3n) is 22.6. The number of carbonyl (C=O) groups excluding carboxylic acids is 1. The predicted molar refractivity (Wildman–Crippen MR) is 418 cm³/mol. The van der Waals surface area contributed by atoms with Gasteiger partial charge < -0.3 is 39.9 Å². The summed E-state index contributed by atoms with van der Waals surface area (Å²) < 4.78 is 105. The first kappa shape index (κ1) is 82.3. The van der Waals surface area contributed by atoms with Crippen LogP contribution in [0.5, 0.6) is 0 Å². The molecule has 0 radical (unpaired) electrons. The van der Waals surface area contributed by atoms with Crippen molar-refractivity contribution in [2.45, 2.75) is 242 Å². The van der Waals surface area contributed by atoms with E-state index in [1.807, 2.05) is 60.1 Å². The van der Waals surface area contributed by atoms with Crippen molar-refractivity contribution in [2.75, 3.05) is 63.0 Å². The number of rotatable bonds is 19. The summed E-state index contributed by atoms with van der Waals surface area (Å²) in [6.45, 7) is 19.6. The van der Waals surface area contributed by atoms with Gasteiger partial charge >= 0.3 is 12.4 Å². The Labute approximate surface area is 645 Å². The van der Waals surface area contributed by atoms with Gasteiger partial charge in [-0.2, -0.15) is 41.6 Å². The maximum Gasteiger partial charge on any atom is 0.391 e. The summed E-state index contributed by atoms with van der Waals surface area (Å²) in [5.41, 5.74) is 10.2. The van der Waals surface area contributed by atoms with Crippen LogP contribution < -0.4 is 10.2 Å². The highest BCUT2D eigenvalue weighted by Crippen LogP contribution is 2.43. The minimum absolute atomic E-state index is 0.0341. The molecule has 30 heteroatoms. The summed E-state index contributed by atoms with van der Waals surface area (Å²) in [7, 11) is -0.243. The number of aliphatic hydroxyl groups is 3. The van der Waals surface area contributed by atoms with Crippen LogP contribution in [0.1, 0.15) is 205 Å². The molecule has 5 atom stereocenters. The Balaban J connectivity index is 0.000000155. The van der Waals surface area contributed by atoms with E-state index in [2.05, 4.69) is 108 Å². The number of aliphatic hydroxyl groups excluding tert-OH is 3. The van der Waals surface area contributed by atoms with Crippen molar-refractivity contribution in [3.8, 4) is 33.4 Å². The Morgan fingerprint density at radius 1 is 0.649 bits per heavy atom. The number of nitrogens with zero attached hydrogens (tertiary/aromatic N) is 15. The summed E-state index contributed by atoms with van der Waals surface area (Å²) in [6, 6.07) is 14.4. The molecule has 2 aliphatic heterocycles. The second-order valence-electron chi connectivity index (χ2n) is 33.2. The lowest BCUT2D eigenvalue weighted by Crippen LogP contribution is -2.48. The van der Waals surface area contributed by atoms with Gasteiger partial charge in [-0.05, 0) is 177 Å². The third-order valence-corrected chi connectivity index (χ3v) is 23.7. The summed E-state index contributed by atoms with van der Waals surface area (Å²) in [6.07, 6.45) is 16.5. The number of hydrogen-bond acceptors (Lipinski definition) is 18. The normalized spacial score (nSPS) is 22.5. The highest BCUT2D eigenvalue weighted by Gasteiger charge is 2.40. The van der Waals surface area contributed by atoms with Gasteiger partial charge in [0.25, 0.3) is 0 Å². The van der Waals surface area contributed by atoms with Crippen LogP contribution in [0, 0.1) is 22.0 Å². The number of anilines is 2. The van der Waals surface area contributed by atoms with Crippen molar-refractivity contribution in [1.29, 1.82) is 4.78 Å². The van der Waals surface area contributed by atoms with E-state index in [-0.39, 0.29) is 72.3 Å². The average Bonchev–Trinajstić information content (AvgIpc) is 1.62. The van der Waals surface area contributed by atoms with Gasteiger partial charge in [-0.25, -0.2) is 38.5 Å². The van der Waals surface area contributed by atoms with Gasteiger partial charge in [-0.15, -0.1) is 5.10 Å². The minimum atomic E-state index is -4.32. The van der Waals surface area contributed by atoms with Crippen LogP contribution in [0.15, 0.2) is 90.9 Å².